The molecule has 2 rings (SSSR count). The fourth-order valence-electron chi connectivity index (χ4n) is 2.32. The van der Waals surface area contributed by atoms with Crippen LogP contribution in [-0.2, 0) is 18.9 Å². The molecular weight excluding hydrogens is 281 g/mol. The molecule has 0 aliphatic rings. The van der Waals surface area contributed by atoms with Crippen LogP contribution in [0.25, 0.3) is 0 Å². The van der Waals surface area contributed by atoms with Gasteiger partial charge in [0.25, 0.3) is 0 Å². The predicted molar refractivity (Wildman–Crippen MR) is 79.0 cm³/mol. The molecule has 0 unspecified atom stereocenters. The molecule has 3 nitrogen and oxygen atoms in total. The maximum Gasteiger partial charge on any atom is 0.138 e. The Morgan fingerprint density at radius 3 is 2.42 bits per heavy atom. The maximum absolute atomic E-state index is 6.26. The smallest absolute Gasteiger partial charge is 0.138 e. The lowest BCUT2D eigenvalue weighted by Crippen LogP contribution is -2.35. The Labute approximate surface area is 123 Å². The lowest BCUT2D eigenvalue weighted by molar-refractivity contribution is 0.500. The van der Waals surface area contributed by atoms with Gasteiger partial charge in [-0.15, -0.1) is 23.2 Å². The normalized spacial score (nSPS) is 11.8. The zero-order valence-electron chi connectivity index (χ0n) is 11.1. The minimum absolute atomic E-state index is 0.310. The summed E-state index contributed by atoms with van der Waals surface area (Å²) in [5.41, 5.74) is 2.07. The molecule has 1 aromatic carbocycles. The van der Waals surface area contributed by atoms with Crippen LogP contribution in [0, 0.1) is 6.92 Å². The van der Waals surface area contributed by atoms with E-state index in [0.29, 0.717) is 18.2 Å². The topological polar surface area (TPSA) is 30.7 Å². The Kier molecular flexibility index (Phi) is 4.48. The van der Waals surface area contributed by atoms with Crippen molar-refractivity contribution in [1.29, 1.82) is 0 Å². The van der Waals surface area contributed by atoms with Gasteiger partial charge in [0.1, 0.15) is 12.2 Å². The summed E-state index contributed by atoms with van der Waals surface area (Å²) in [6.45, 7) is 2.08. The van der Waals surface area contributed by atoms with Gasteiger partial charge < -0.3 is 0 Å². The molecule has 5 heteroatoms. The van der Waals surface area contributed by atoms with Gasteiger partial charge in [0.15, 0.2) is 0 Å². The summed E-state index contributed by atoms with van der Waals surface area (Å²) in [6, 6.07) is 8.22. The van der Waals surface area contributed by atoms with Crippen LogP contribution in [0.15, 0.2) is 30.6 Å². The number of hydrogen-bond acceptors (Lipinski definition) is 2. The molecule has 0 fully saturated rings. The van der Waals surface area contributed by atoms with Gasteiger partial charge in [-0.1, -0.05) is 24.3 Å². The number of nitrogens with zero attached hydrogens (tertiary/aromatic N) is 3. The van der Waals surface area contributed by atoms with E-state index in [2.05, 4.69) is 29.1 Å². The zero-order chi connectivity index (χ0) is 13.9. The van der Waals surface area contributed by atoms with Crippen molar-refractivity contribution >= 4 is 23.2 Å². The van der Waals surface area contributed by atoms with Crippen molar-refractivity contribution in [3.8, 4) is 0 Å². The molecule has 102 valence electrons. The van der Waals surface area contributed by atoms with Gasteiger partial charge in [-0.25, -0.2) is 4.98 Å². The Bertz CT molecular complexity index is 547. The first-order chi connectivity index (χ1) is 9.13. The third-order valence-electron chi connectivity index (χ3n) is 3.53. The molecule has 0 saturated carbocycles. The minimum Gasteiger partial charge on any atom is -0.253 e. The average Bonchev–Trinajstić information content (AvgIpc) is 2.82. The fourth-order valence-corrected chi connectivity index (χ4v) is 3.08. The summed E-state index contributed by atoms with van der Waals surface area (Å²) in [7, 11) is 1.88. The van der Waals surface area contributed by atoms with E-state index in [-0.39, 0.29) is 5.41 Å². The van der Waals surface area contributed by atoms with Crippen LogP contribution >= 0.6 is 23.2 Å². The molecule has 2 aromatic rings. The number of aromatic nitrogens is 3. The van der Waals surface area contributed by atoms with Gasteiger partial charge in [-0.2, -0.15) is 5.10 Å². The highest BCUT2D eigenvalue weighted by atomic mass is 35.5. The van der Waals surface area contributed by atoms with E-state index in [4.69, 9.17) is 23.2 Å². The van der Waals surface area contributed by atoms with Gasteiger partial charge in [-0.05, 0) is 18.1 Å². The quantitative estimate of drug-likeness (QED) is 0.794. The number of rotatable bonds is 5. The molecule has 0 spiro atoms. The highest BCUT2D eigenvalue weighted by molar-refractivity contribution is 6.22. The van der Waals surface area contributed by atoms with Crippen LogP contribution in [0.1, 0.15) is 17.0 Å². The summed E-state index contributed by atoms with van der Waals surface area (Å²) >= 11 is 12.5. The Balaban J connectivity index is 2.44. The third-order valence-corrected chi connectivity index (χ3v) is 4.55. The van der Waals surface area contributed by atoms with E-state index in [0.717, 1.165) is 5.82 Å². The SMILES string of the molecule is Cc1ccccc1C(CCl)(CCl)Cc1ncnn1C. The molecule has 1 aromatic heterocycles. The molecule has 0 amide bonds. The number of halogens is 2. The molecule has 0 aliphatic heterocycles. The second kappa shape index (κ2) is 5.93. The van der Waals surface area contributed by atoms with Crippen molar-refractivity contribution in [3.63, 3.8) is 0 Å². The fraction of sp³-hybridized carbons (Fsp3) is 0.429. The molecule has 0 aliphatic carbocycles. The molecule has 0 bridgehead atoms. The molecule has 0 atom stereocenters. The van der Waals surface area contributed by atoms with E-state index < -0.39 is 0 Å². The van der Waals surface area contributed by atoms with Gasteiger partial charge in [0.2, 0.25) is 0 Å². The van der Waals surface area contributed by atoms with Gasteiger partial charge in [0, 0.05) is 30.6 Å². The Morgan fingerprint density at radius 2 is 1.89 bits per heavy atom. The van der Waals surface area contributed by atoms with Crippen LogP contribution in [0.5, 0.6) is 0 Å². The Hall–Kier alpha value is -1.06. The summed E-state index contributed by atoms with van der Waals surface area (Å²) in [5.74, 6) is 1.80. The second-order valence-electron chi connectivity index (χ2n) is 4.84. The molecule has 19 heavy (non-hydrogen) atoms. The monoisotopic (exact) mass is 297 g/mol. The lowest BCUT2D eigenvalue weighted by atomic mass is 9.78. The van der Waals surface area contributed by atoms with Crippen molar-refractivity contribution in [2.75, 3.05) is 11.8 Å². The van der Waals surface area contributed by atoms with Crippen molar-refractivity contribution < 1.29 is 0 Å². The first-order valence-corrected chi connectivity index (χ1v) is 7.21. The number of hydrogen-bond donors (Lipinski definition) is 0. The average molecular weight is 298 g/mol. The Morgan fingerprint density at radius 1 is 1.21 bits per heavy atom. The molecule has 0 saturated heterocycles. The number of benzene rings is 1. The van der Waals surface area contributed by atoms with E-state index in [1.165, 1.54) is 11.1 Å². The minimum atomic E-state index is -0.310. The van der Waals surface area contributed by atoms with E-state index in [1.807, 2.05) is 19.2 Å². The van der Waals surface area contributed by atoms with E-state index in [9.17, 15) is 0 Å². The first-order valence-electron chi connectivity index (χ1n) is 6.14. The molecule has 0 radical (unpaired) electrons. The summed E-state index contributed by atoms with van der Waals surface area (Å²) in [6.07, 6.45) is 2.24. The molecule has 1 heterocycles. The summed E-state index contributed by atoms with van der Waals surface area (Å²) in [4.78, 5) is 4.29. The van der Waals surface area contributed by atoms with Crippen molar-refractivity contribution in [2.24, 2.45) is 7.05 Å². The molecule has 0 N–H and O–H groups in total. The van der Waals surface area contributed by atoms with Gasteiger partial charge in [-0.3, -0.25) is 4.68 Å². The van der Waals surface area contributed by atoms with Gasteiger partial charge >= 0.3 is 0 Å². The third kappa shape index (κ3) is 2.77. The molecular formula is C14H17Cl2N3. The van der Waals surface area contributed by atoms with E-state index >= 15 is 0 Å². The van der Waals surface area contributed by atoms with Crippen LogP contribution in [0.3, 0.4) is 0 Å². The second-order valence-corrected chi connectivity index (χ2v) is 5.37. The largest absolute Gasteiger partial charge is 0.253 e. The predicted octanol–water partition coefficient (Wildman–Crippen LogP) is 3.08. The van der Waals surface area contributed by atoms with E-state index in [1.54, 1.807) is 11.0 Å². The van der Waals surface area contributed by atoms with Crippen LogP contribution in [-0.4, -0.2) is 26.5 Å². The lowest BCUT2D eigenvalue weighted by Gasteiger charge is -2.31. The van der Waals surface area contributed by atoms with Crippen LogP contribution in [0.4, 0.5) is 0 Å². The van der Waals surface area contributed by atoms with Crippen molar-refractivity contribution in [3.05, 3.63) is 47.5 Å². The van der Waals surface area contributed by atoms with Crippen LogP contribution < -0.4 is 0 Å². The summed E-state index contributed by atoms with van der Waals surface area (Å²) < 4.78 is 1.77. The number of alkyl halides is 2. The van der Waals surface area contributed by atoms with Gasteiger partial charge in [0.05, 0.1) is 0 Å². The number of aryl methyl sites for hydroxylation is 2. The van der Waals surface area contributed by atoms with Crippen LogP contribution in [0.2, 0.25) is 0 Å². The standard InChI is InChI=1S/C14H17Cl2N3/c1-11-5-3-4-6-12(11)14(8-15,9-16)7-13-17-10-18-19(13)2/h3-6,10H,7-9H2,1-2H3. The first kappa shape index (κ1) is 14.4. The zero-order valence-corrected chi connectivity index (χ0v) is 12.6. The summed E-state index contributed by atoms with van der Waals surface area (Å²) in [5, 5.41) is 4.10. The highest BCUT2D eigenvalue weighted by Gasteiger charge is 2.33. The maximum atomic E-state index is 6.26. The van der Waals surface area contributed by atoms with Crippen molar-refractivity contribution in [1.82, 2.24) is 14.8 Å². The van der Waals surface area contributed by atoms with Crippen molar-refractivity contribution in [2.45, 2.75) is 18.8 Å². The highest BCUT2D eigenvalue weighted by Crippen LogP contribution is 2.33.